The molecule has 0 aromatic carbocycles. The number of nitrogens with one attached hydrogen (secondary N) is 1. The molecular formula is C37H64N2. The lowest BCUT2D eigenvalue weighted by molar-refractivity contribution is 0.0592. The van der Waals surface area contributed by atoms with Gasteiger partial charge in [0.15, 0.2) is 0 Å². The zero-order chi connectivity index (χ0) is 26.7. The first kappa shape index (κ1) is 28.7. The molecule has 222 valence electrons. The van der Waals surface area contributed by atoms with Crippen LogP contribution in [0.1, 0.15) is 161 Å². The van der Waals surface area contributed by atoms with Crippen molar-refractivity contribution in [2.75, 3.05) is 13.6 Å². The van der Waals surface area contributed by atoms with Crippen LogP contribution in [-0.4, -0.2) is 25.3 Å². The van der Waals surface area contributed by atoms with Gasteiger partial charge < -0.3 is 5.32 Å². The number of nitrogens with zero attached hydrogens (tertiary/aromatic N) is 1. The average molecular weight is 537 g/mol. The van der Waals surface area contributed by atoms with Crippen LogP contribution in [0.25, 0.3) is 0 Å². The molecule has 39 heavy (non-hydrogen) atoms. The molecule has 0 saturated heterocycles. The Balaban J connectivity index is 0.947. The Kier molecular flexibility index (Phi) is 9.48. The Labute approximate surface area is 242 Å². The summed E-state index contributed by atoms with van der Waals surface area (Å²) in [5, 5.41) is 3.70. The smallest absolute Gasteiger partial charge is 0.0448 e. The molecule has 2 heteroatoms. The average Bonchev–Trinajstić information content (AvgIpc) is 3.43. The fourth-order valence-corrected chi connectivity index (χ4v) is 11.1. The fourth-order valence-electron chi connectivity index (χ4n) is 11.1. The molecule has 0 bridgehead atoms. The minimum Gasteiger partial charge on any atom is -0.312 e. The predicted molar refractivity (Wildman–Crippen MR) is 167 cm³/mol. The lowest BCUT2D eigenvalue weighted by Gasteiger charge is -2.46. The van der Waals surface area contributed by atoms with Gasteiger partial charge in [-0.1, -0.05) is 45.4 Å². The third kappa shape index (κ3) is 6.83. The van der Waals surface area contributed by atoms with Gasteiger partial charge in [0, 0.05) is 18.3 Å². The molecule has 2 atom stereocenters. The van der Waals surface area contributed by atoms with Crippen LogP contribution in [0.3, 0.4) is 0 Å². The third-order valence-corrected chi connectivity index (χ3v) is 14.3. The molecule has 0 aromatic rings. The van der Waals surface area contributed by atoms with Gasteiger partial charge in [-0.15, -0.1) is 0 Å². The van der Waals surface area contributed by atoms with E-state index >= 15 is 0 Å². The summed E-state index contributed by atoms with van der Waals surface area (Å²) in [5.74, 6) is 5.96. The summed E-state index contributed by atoms with van der Waals surface area (Å²) in [6.45, 7) is 3.61. The van der Waals surface area contributed by atoms with E-state index in [1.54, 1.807) is 57.1 Å². The zero-order valence-electron chi connectivity index (χ0n) is 26.2. The van der Waals surface area contributed by atoms with Crippen LogP contribution >= 0.6 is 0 Å². The Bertz CT molecular complexity index is 772. The van der Waals surface area contributed by atoms with Gasteiger partial charge in [-0.05, 0) is 169 Å². The monoisotopic (exact) mass is 537 g/mol. The van der Waals surface area contributed by atoms with E-state index in [1.165, 1.54) is 103 Å². The summed E-state index contributed by atoms with van der Waals surface area (Å²) in [7, 11) is 2.20. The second-order valence-corrected chi connectivity index (χ2v) is 16.4. The third-order valence-electron chi connectivity index (χ3n) is 14.3. The van der Waals surface area contributed by atoms with E-state index in [-0.39, 0.29) is 0 Å². The lowest BCUT2D eigenvalue weighted by atomic mass is 9.59. The largest absolute Gasteiger partial charge is 0.312 e. The standard InChI is InChI=1S/C37H64N2/c1-28-11-19-36(20-12-28)25-17-32(18-26-36)33-8-10-34(38-2)35(39-27-33)9-7-29-13-21-37(22-14-29)23-15-31(16-24-37)30-5-3-4-6-30/h28-34,38H,3-27H2,1-2H3. The normalized spacial score (nSPS) is 44.4. The molecule has 1 aliphatic heterocycles. The highest BCUT2D eigenvalue weighted by atomic mass is 14.9. The van der Waals surface area contributed by atoms with Crippen molar-refractivity contribution >= 4 is 5.71 Å². The Morgan fingerprint density at radius 1 is 0.615 bits per heavy atom. The molecule has 5 aliphatic carbocycles. The van der Waals surface area contributed by atoms with E-state index in [0.717, 1.165) is 52.9 Å². The Hall–Kier alpha value is -0.370. The highest BCUT2D eigenvalue weighted by Crippen LogP contribution is 2.54. The van der Waals surface area contributed by atoms with Gasteiger partial charge in [-0.2, -0.15) is 0 Å². The van der Waals surface area contributed by atoms with E-state index in [2.05, 4.69) is 19.3 Å². The fraction of sp³-hybridized carbons (Fsp3) is 0.973. The Morgan fingerprint density at radius 2 is 1.13 bits per heavy atom. The van der Waals surface area contributed by atoms with Crippen molar-refractivity contribution in [3.05, 3.63) is 0 Å². The van der Waals surface area contributed by atoms with E-state index < -0.39 is 0 Å². The van der Waals surface area contributed by atoms with Crippen LogP contribution in [0.5, 0.6) is 0 Å². The maximum Gasteiger partial charge on any atom is 0.0448 e. The van der Waals surface area contributed by atoms with Crippen LogP contribution in [0.4, 0.5) is 0 Å². The molecule has 6 aliphatic rings. The molecular weight excluding hydrogens is 472 g/mol. The van der Waals surface area contributed by atoms with Crippen molar-refractivity contribution < 1.29 is 0 Å². The molecule has 2 unspecified atom stereocenters. The first-order valence-corrected chi connectivity index (χ1v) is 18.3. The van der Waals surface area contributed by atoms with Crippen LogP contribution < -0.4 is 5.32 Å². The molecule has 0 radical (unpaired) electrons. The molecule has 5 fully saturated rings. The maximum absolute atomic E-state index is 5.41. The lowest BCUT2D eigenvalue weighted by Crippen LogP contribution is -2.35. The van der Waals surface area contributed by atoms with Crippen molar-refractivity contribution in [3.8, 4) is 0 Å². The number of hydrogen-bond acceptors (Lipinski definition) is 2. The topological polar surface area (TPSA) is 24.4 Å². The van der Waals surface area contributed by atoms with Crippen LogP contribution in [0.2, 0.25) is 0 Å². The SMILES string of the molecule is CNC1CCC(C2CCC3(CCC(C)CC3)CC2)CN=C1CCC1CCC2(CC1)CCC(C1CCCC1)CC2. The summed E-state index contributed by atoms with van der Waals surface area (Å²) in [6, 6.07) is 0.547. The second kappa shape index (κ2) is 12.9. The van der Waals surface area contributed by atoms with Crippen molar-refractivity contribution in [1.82, 2.24) is 5.32 Å². The van der Waals surface area contributed by atoms with Crippen LogP contribution in [0.15, 0.2) is 4.99 Å². The summed E-state index contributed by atoms with van der Waals surface area (Å²) < 4.78 is 0. The quantitative estimate of drug-likeness (QED) is 0.359. The summed E-state index contributed by atoms with van der Waals surface area (Å²) >= 11 is 0. The Morgan fingerprint density at radius 3 is 1.72 bits per heavy atom. The number of aliphatic imine (C=N–C) groups is 1. The molecule has 5 saturated carbocycles. The first-order chi connectivity index (χ1) is 19.1. The minimum atomic E-state index is 0.547. The van der Waals surface area contributed by atoms with Gasteiger partial charge in [0.2, 0.25) is 0 Å². The van der Waals surface area contributed by atoms with Gasteiger partial charge in [0.05, 0.1) is 0 Å². The molecule has 0 aromatic heterocycles. The molecule has 0 amide bonds. The van der Waals surface area contributed by atoms with Crippen molar-refractivity contribution in [3.63, 3.8) is 0 Å². The molecule has 2 nitrogen and oxygen atoms in total. The van der Waals surface area contributed by atoms with E-state index in [1.807, 2.05) is 0 Å². The van der Waals surface area contributed by atoms with Crippen LogP contribution in [-0.2, 0) is 0 Å². The number of hydrogen-bond donors (Lipinski definition) is 1. The molecule has 6 rings (SSSR count). The summed E-state index contributed by atoms with van der Waals surface area (Å²) in [4.78, 5) is 5.41. The van der Waals surface area contributed by atoms with Crippen molar-refractivity contribution in [1.29, 1.82) is 0 Å². The van der Waals surface area contributed by atoms with E-state index in [0.29, 0.717) is 6.04 Å². The van der Waals surface area contributed by atoms with Crippen molar-refractivity contribution in [2.45, 2.75) is 167 Å². The van der Waals surface area contributed by atoms with E-state index in [9.17, 15) is 0 Å². The van der Waals surface area contributed by atoms with E-state index in [4.69, 9.17) is 4.99 Å². The van der Waals surface area contributed by atoms with Gasteiger partial charge >= 0.3 is 0 Å². The van der Waals surface area contributed by atoms with Gasteiger partial charge in [-0.25, -0.2) is 0 Å². The van der Waals surface area contributed by atoms with Gasteiger partial charge in [0.25, 0.3) is 0 Å². The van der Waals surface area contributed by atoms with Crippen molar-refractivity contribution in [2.24, 2.45) is 51.3 Å². The number of rotatable bonds is 6. The highest BCUT2D eigenvalue weighted by molar-refractivity contribution is 5.89. The molecule has 2 spiro atoms. The van der Waals surface area contributed by atoms with Gasteiger partial charge in [-0.3, -0.25) is 4.99 Å². The minimum absolute atomic E-state index is 0.547. The summed E-state index contributed by atoms with van der Waals surface area (Å²) in [6.07, 6.45) is 36.0. The zero-order valence-corrected chi connectivity index (χ0v) is 26.2. The highest BCUT2D eigenvalue weighted by Gasteiger charge is 2.42. The molecule has 1 heterocycles. The maximum atomic E-state index is 5.41. The van der Waals surface area contributed by atoms with Crippen LogP contribution in [0, 0.1) is 46.3 Å². The first-order valence-electron chi connectivity index (χ1n) is 18.3. The predicted octanol–water partition coefficient (Wildman–Crippen LogP) is 10.1. The van der Waals surface area contributed by atoms with Gasteiger partial charge in [0.1, 0.15) is 0 Å². The molecule has 1 N–H and O–H groups in total. The summed E-state index contributed by atoms with van der Waals surface area (Å²) in [5.41, 5.74) is 3.04. The second-order valence-electron chi connectivity index (χ2n) is 16.4.